The lowest BCUT2D eigenvalue weighted by Gasteiger charge is -2.32. The van der Waals surface area contributed by atoms with Crippen molar-refractivity contribution in [2.24, 2.45) is 4.99 Å². The van der Waals surface area contributed by atoms with Crippen LogP contribution in [0.5, 0.6) is 0 Å². The summed E-state index contributed by atoms with van der Waals surface area (Å²) in [6, 6.07) is 4.20. The average molecular weight is 493 g/mol. The molecular weight excluding hydrogens is 461 g/mol. The summed E-state index contributed by atoms with van der Waals surface area (Å²) in [5.74, 6) is 3.09. The maximum absolute atomic E-state index is 5.61. The number of guanidine groups is 1. The van der Waals surface area contributed by atoms with Crippen LogP contribution < -0.4 is 15.5 Å². The van der Waals surface area contributed by atoms with Gasteiger partial charge in [0.25, 0.3) is 0 Å². The quantitative estimate of drug-likeness (QED) is 0.252. The molecule has 26 heavy (non-hydrogen) atoms. The minimum Gasteiger partial charge on any atom is -0.375 e. The summed E-state index contributed by atoms with van der Waals surface area (Å²) in [7, 11) is 1.81. The summed E-state index contributed by atoms with van der Waals surface area (Å²) < 4.78 is 5.61. The van der Waals surface area contributed by atoms with E-state index < -0.39 is 0 Å². The van der Waals surface area contributed by atoms with Gasteiger partial charge < -0.3 is 20.3 Å². The van der Waals surface area contributed by atoms with Gasteiger partial charge in [0.1, 0.15) is 5.82 Å². The first-order valence-corrected chi connectivity index (χ1v) is 10.4. The molecule has 2 rings (SSSR count). The lowest BCUT2D eigenvalue weighted by atomic mass is 10.2. The van der Waals surface area contributed by atoms with E-state index >= 15 is 0 Å². The minimum atomic E-state index is 0. The van der Waals surface area contributed by atoms with E-state index in [4.69, 9.17) is 4.74 Å². The van der Waals surface area contributed by atoms with Gasteiger partial charge in [0, 0.05) is 39.4 Å². The van der Waals surface area contributed by atoms with Crippen LogP contribution in [-0.2, 0) is 11.3 Å². The van der Waals surface area contributed by atoms with Gasteiger partial charge in [-0.15, -0.1) is 24.0 Å². The molecule has 0 aliphatic carbocycles. The average Bonchev–Trinajstić information content (AvgIpc) is 2.64. The third-order valence-electron chi connectivity index (χ3n) is 4.13. The second-order valence-corrected chi connectivity index (χ2v) is 7.19. The summed E-state index contributed by atoms with van der Waals surface area (Å²) in [6.07, 6.45) is 6.68. The molecule has 8 heteroatoms. The van der Waals surface area contributed by atoms with E-state index in [2.05, 4.69) is 44.8 Å². The fourth-order valence-electron chi connectivity index (χ4n) is 2.75. The van der Waals surface area contributed by atoms with Gasteiger partial charge in [-0.3, -0.25) is 4.99 Å². The number of hydrogen-bond acceptors (Lipinski definition) is 5. The molecule has 1 aromatic heterocycles. The maximum Gasteiger partial charge on any atom is 0.191 e. The standard InChI is InChI=1S/C18H31N5OS.HI/c1-15-14-23(9-10-24-15)17-12-16(6-8-20-17)13-22-18(19-2)21-7-4-5-11-25-3;/h6,8,12,15H,4-5,7,9-11,13-14H2,1-3H3,(H2,19,21,22);1H. The summed E-state index contributed by atoms with van der Waals surface area (Å²) >= 11 is 1.90. The van der Waals surface area contributed by atoms with E-state index in [0.717, 1.165) is 51.0 Å². The number of pyridine rings is 1. The van der Waals surface area contributed by atoms with E-state index in [1.165, 1.54) is 17.7 Å². The SMILES string of the molecule is CN=C(NCCCCSC)NCc1ccnc(N2CCOC(C)C2)c1.I. The molecule has 1 unspecified atom stereocenters. The third-order valence-corrected chi connectivity index (χ3v) is 4.82. The highest BCUT2D eigenvalue weighted by Crippen LogP contribution is 2.16. The van der Waals surface area contributed by atoms with Gasteiger partial charge in [-0.05, 0) is 49.5 Å². The monoisotopic (exact) mass is 493 g/mol. The number of aliphatic imine (C=N–C) groups is 1. The van der Waals surface area contributed by atoms with Crippen molar-refractivity contribution in [2.75, 3.05) is 50.2 Å². The summed E-state index contributed by atoms with van der Waals surface area (Å²) in [4.78, 5) is 11.1. The molecule has 1 atom stereocenters. The molecule has 2 heterocycles. The zero-order valence-corrected chi connectivity index (χ0v) is 19.2. The van der Waals surface area contributed by atoms with E-state index in [-0.39, 0.29) is 30.1 Å². The Balaban J connectivity index is 0.00000338. The third kappa shape index (κ3) is 8.30. The first kappa shape index (κ1) is 23.3. The number of halogens is 1. The zero-order chi connectivity index (χ0) is 17.9. The Morgan fingerprint density at radius 2 is 2.27 bits per heavy atom. The molecular formula is C18H32IN5OS. The summed E-state index contributed by atoms with van der Waals surface area (Å²) in [5.41, 5.74) is 1.20. The maximum atomic E-state index is 5.61. The van der Waals surface area contributed by atoms with Gasteiger partial charge in [-0.1, -0.05) is 0 Å². The molecule has 0 aromatic carbocycles. The van der Waals surface area contributed by atoms with Gasteiger partial charge in [0.05, 0.1) is 12.7 Å². The van der Waals surface area contributed by atoms with Crippen LogP contribution in [0.15, 0.2) is 23.3 Å². The molecule has 0 bridgehead atoms. The highest BCUT2D eigenvalue weighted by atomic mass is 127. The molecule has 0 spiro atoms. The molecule has 148 valence electrons. The van der Waals surface area contributed by atoms with Gasteiger partial charge in [-0.25, -0.2) is 4.98 Å². The topological polar surface area (TPSA) is 61.8 Å². The van der Waals surface area contributed by atoms with Gasteiger partial charge in [-0.2, -0.15) is 11.8 Å². The second kappa shape index (κ2) is 13.4. The van der Waals surface area contributed by atoms with E-state index in [9.17, 15) is 0 Å². The Morgan fingerprint density at radius 3 is 3.00 bits per heavy atom. The lowest BCUT2D eigenvalue weighted by molar-refractivity contribution is 0.0529. The van der Waals surface area contributed by atoms with Crippen LogP contribution in [-0.4, -0.2) is 62.3 Å². The predicted molar refractivity (Wildman–Crippen MR) is 123 cm³/mol. The molecule has 2 N–H and O–H groups in total. The van der Waals surface area contributed by atoms with E-state index in [1.807, 2.05) is 31.1 Å². The largest absolute Gasteiger partial charge is 0.375 e. The van der Waals surface area contributed by atoms with Crippen LogP contribution in [0.4, 0.5) is 5.82 Å². The number of ether oxygens (including phenoxy) is 1. The summed E-state index contributed by atoms with van der Waals surface area (Å²) in [5, 5.41) is 6.75. The number of thioether (sulfide) groups is 1. The highest BCUT2D eigenvalue weighted by molar-refractivity contribution is 14.0. The molecule has 1 aromatic rings. The van der Waals surface area contributed by atoms with Crippen molar-refractivity contribution in [1.82, 2.24) is 15.6 Å². The number of unbranched alkanes of at least 4 members (excludes halogenated alkanes) is 1. The Labute approximate surface area is 179 Å². The van der Waals surface area contributed by atoms with Crippen LogP contribution in [0.2, 0.25) is 0 Å². The Hall–Kier alpha value is -0.740. The predicted octanol–water partition coefficient (Wildman–Crippen LogP) is 2.73. The first-order chi connectivity index (χ1) is 12.2. The van der Waals surface area contributed by atoms with Gasteiger partial charge >= 0.3 is 0 Å². The number of hydrogen-bond donors (Lipinski definition) is 2. The minimum absolute atomic E-state index is 0. The van der Waals surface area contributed by atoms with Crippen molar-refractivity contribution >= 4 is 47.5 Å². The second-order valence-electron chi connectivity index (χ2n) is 6.20. The smallest absolute Gasteiger partial charge is 0.191 e. The lowest BCUT2D eigenvalue weighted by Crippen LogP contribution is -2.41. The Kier molecular flexibility index (Phi) is 12.0. The molecule has 6 nitrogen and oxygen atoms in total. The van der Waals surface area contributed by atoms with E-state index in [0.29, 0.717) is 0 Å². The molecule has 1 aliphatic rings. The fraction of sp³-hybridized carbons (Fsp3) is 0.667. The molecule has 1 saturated heterocycles. The molecule has 1 fully saturated rings. The fourth-order valence-corrected chi connectivity index (χ4v) is 3.25. The van der Waals surface area contributed by atoms with E-state index in [1.54, 1.807) is 0 Å². The number of anilines is 1. The normalized spacial score (nSPS) is 17.6. The summed E-state index contributed by atoms with van der Waals surface area (Å²) in [6.45, 7) is 6.34. The van der Waals surface area contributed by atoms with Crippen LogP contribution >= 0.6 is 35.7 Å². The van der Waals surface area contributed by atoms with Gasteiger partial charge in [0.2, 0.25) is 0 Å². The van der Waals surface area contributed by atoms with Gasteiger partial charge in [0.15, 0.2) is 5.96 Å². The highest BCUT2D eigenvalue weighted by Gasteiger charge is 2.17. The zero-order valence-electron chi connectivity index (χ0n) is 16.0. The van der Waals surface area contributed by atoms with Crippen LogP contribution in [0.1, 0.15) is 25.3 Å². The van der Waals surface area contributed by atoms with Crippen molar-refractivity contribution in [3.05, 3.63) is 23.9 Å². The first-order valence-electron chi connectivity index (χ1n) is 8.98. The van der Waals surface area contributed by atoms with Crippen LogP contribution in [0.3, 0.4) is 0 Å². The number of nitrogens with one attached hydrogen (secondary N) is 2. The molecule has 0 amide bonds. The number of rotatable bonds is 8. The van der Waals surface area contributed by atoms with Crippen molar-refractivity contribution < 1.29 is 4.74 Å². The Bertz CT molecular complexity index is 546. The van der Waals surface area contributed by atoms with Crippen molar-refractivity contribution in [3.8, 4) is 0 Å². The van der Waals surface area contributed by atoms with Crippen LogP contribution in [0.25, 0.3) is 0 Å². The Morgan fingerprint density at radius 1 is 1.42 bits per heavy atom. The molecule has 0 radical (unpaired) electrons. The van der Waals surface area contributed by atoms with Crippen molar-refractivity contribution in [2.45, 2.75) is 32.4 Å². The number of nitrogens with zero attached hydrogens (tertiary/aromatic N) is 3. The molecule has 1 aliphatic heterocycles. The van der Waals surface area contributed by atoms with Crippen molar-refractivity contribution in [3.63, 3.8) is 0 Å². The number of morpholine rings is 1. The molecule has 0 saturated carbocycles. The van der Waals surface area contributed by atoms with Crippen molar-refractivity contribution in [1.29, 1.82) is 0 Å². The number of aromatic nitrogens is 1. The van der Waals surface area contributed by atoms with Crippen LogP contribution in [0, 0.1) is 0 Å².